The predicted octanol–water partition coefficient (Wildman–Crippen LogP) is 2.68. The van der Waals surface area contributed by atoms with Gasteiger partial charge in [0.15, 0.2) is 0 Å². The quantitative estimate of drug-likeness (QED) is 0.584. The molecule has 1 rings (SSSR count). The van der Waals surface area contributed by atoms with E-state index in [1.165, 1.54) is 12.3 Å². The maximum absolute atomic E-state index is 11.4. The van der Waals surface area contributed by atoms with Crippen LogP contribution in [0.25, 0.3) is 0 Å². The van der Waals surface area contributed by atoms with Gasteiger partial charge in [-0.3, -0.25) is 0 Å². The number of allylic oxidation sites excluding steroid dienone is 1. The first kappa shape index (κ1) is 12.5. The predicted molar refractivity (Wildman–Crippen MR) is 59.9 cm³/mol. The second-order valence-electron chi connectivity index (χ2n) is 4.61. The summed E-state index contributed by atoms with van der Waals surface area (Å²) in [4.78, 5) is 11.4. The number of hydrogen-bond donors (Lipinski definition) is 0. The minimum atomic E-state index is -0.460. The second kappa shape index (κ2) is 4.96. The van der Waals surface area contributed by atoms with Crippen molar-refractivity contribution in [3.8, 4) is 0 Å². The maximum atomic E-state index is 11.4. The highest BCUT2D eigenvalue weighted by Crippen LogP contribution is 2.14. The standard InChI is InChI=1S/C12H17NO3/c1-9(10-7-8-15-13-10)5-6-11(14)16-12(2,3)4/h5-9H,1-4H3/b6-5-. The summed E-state index contributed by atoms with van der Waals surface area (Å²) in [5.41, 5.74) is 0.332. The Morgan fingerprint density at radius 3 is 2.75 bits per heavy atom. The van der Waals surface area contributed by atoms with Crippen LogP contribution < -0.4 is 0 Å². The Morgan fingerprint density at radius 1 is 1.56 bits per heavy atom. The molecule has 0 aromatic carbocycles. The highest BCUT2D eigenvalue weighted by atomic mass is 16.6. The summed E-state index contributed by atoms with van der Waals surface area (Å²) in [5.74, 6) is -0.311. The number of aromatic nitrogens is 1. The fourth-order valence-electron chi connectivity index (χ4n) is 1.11. The van der Waals surface area contributed by atoms with Crippen LogP contribution in [0.5, 0.6) is 0 Å². The summed E-state index contributed by atoms with van der Waals surface area (Å²) in [5, 5.41) is 3.79. The molecule has 88 valence electrons. The normalized spacial score (nSPS) is 14.0. The molecule has 0 saturated heterocycles. The van der Waals surface area contributed by atoms with E-state index in [0.717, 1.165) is 5.69 Å². The van der Waals surface area contributed by atoms with Gasteiger partial charge in [-0.15, -0.1) is 0 Å². The molecule has 4 nitrogen and oxygen atoms in total. The zero-order chi connectivity index (χ0) is 12.2. The molecule has 1 heterocycles. The van der Waals surface area contributed by atoms with E-state index >= 15 is 0 Å². The third kappa shape index (κ3) is 4.29. The van der Waals surface area contributed by atoms with E-state index in [-0.39, 0.29) is 11.9 Å². The van der Waals surface area contributed by atoms with Gasteiger partial charge in [0.25, 0.3) is 0 Å². The van der Waals surface area contributed by atoms with Gasteiger partial charge in [0.05, 0.1) is 5.69 Å². The number of esters is 1. The fraction of sp³-hybridized carbons (Fsp3) is 0.500. The van der Waals surface area contributed by atoms with Crippen LogP contribution in [0.2, 0.25) is 0 Å². The summed E-state index contributed by atoms with van der Waals surface area (Å²) in [7, 11) is 0. The number of ether oxygens (including phenoxy) is 1. The SMILES string of the molecule is CC(/C=C\C(=O)OC(C)(C)C)c1ccon1. The van der Waals surface area contributed by atoms with Crippen molar-refractivity contribution in [1.82, 2.24) is 5.16 Å². The Labute approximate surface area is 95.3 Å². The third-order valence-electron chi connectivity index (χ3n) is 1.85. The van der Waals surface area contributed by atoms with E-state index in [1.54, 1.807) is 12.1 Å². The average molecular weight is 223 g/mol. The molecular formula is C12H17NO3. The van der Waals surface area contributed by atoms with E-state index in [4.69, 9.17) is 9.26 Å². The van der Waals surface area contributed by atoms with Crippen molar-refractivity contribution in [3.63, 3.8) is 0 Å². The van der Waals surface area contributed by atoms with Gasteiger partial charge in [-0.25, -0.2) is 4.79 Å². The van der Waals surface area contributed by atoms with Gasteiger partial charge < -0.3 is 9.26 Å². The molecular weight excluding hydrogens is 206 g/mol. The van der Waals surface area contributed by atoms with Crippen LogP contribution >= 0.6 is 0 Å². The van der Waals surface area contributed by atoms with E-state index in [9.17, 15) is 4.79 Å². The summed E-state index contributed by atoms with van der Waals surface area (Å²) in [6.07, 6.45) is 4.67. The first-order chi connectivity index (χ1) is 7.38. The lowest BCUT2D eigenvalue weighted by Gasteiger charge is -2.18. The molecule has 0 fully saturated rings. The van der Waals surface area contributed by atoms with Gasteiger partial charge in [0.2, 0.25) is 0 Å². The maximum Gasteiger partial charge on any atom is 0.330 e. The summed E-state index contributed by atoms with van der Waals surface area (Å²) >= 11 is 0. The number of hydrogen-bond acceptors (Lipinski definition) is 4. The van der Waals surface area contributed by atoms with Gasteiger partial charge in [-0.1, -0.05) is 18.2 Å². The molecule has 0 aliphatic rings. The number of nitrogens with zero attached hydrogens (tertiary/aromatic N) is 1. The Kier molecular flexibility index (Phi) is 3.88. The largest absolute Gasteiger partial charge is 0.457 e. The molecule has 0 amide bonds. The third-order valence-corrected chi connectivity index (χ3v) is 1.85. The first-order valence-electron chi connectivity index (χ1n) is 5.20. The van der Waals surface area contributed by atoms with E-state index < -0.39 is 5.60 Å². The van der Waals surface area contributed by atoms with Crippen LogP contribution in [0.1, 0.15) is 39.3 Å². The van der Waals surface area contributed by atoms with Crippen molar-refractivity contribution in [2.24, 2.45) is 0 Å². The Hall–Kier alpha value is -1.58. The Bertz CT molecular complexity index is 360. The molecule has 1 aromatic heterocycles. The summed E-state index contributed by atoms with van der Waals surface area (Å²) < 4.78 is 9.86. The Balaban J connectivity index is 2.51. The Morgan fingerprint density at radius 2 is 2.25 bits per heavy atom. The molecule has 0 bridgehead atoms. The zero-order valence-corrected chi connectivity index (χ0v) is 10.1. The van der Waals surface area contributed by atoms with Crippen LogP contribution in [-0.4, -0.2) is 16.7 Å². The second-order valence-corrected chi connectivity index (χ2v) is 4.61. The first-order valence-corrected chi connectivity index (χ1v) is 5.20. The van der Waals surface area contributed by atoms with Crippen LogP contribution in [0.4, 0.5) is 0 Å². The monoisotopic (exact) mass is 223 g/mol. The fourth-order valence-corrected chi connectivity index (χ4v) is 1.11. The molecule has 16 heavy (non-hydrogen) atoms. The summed E-state index contributed by atoms with van der Waals surface area (Å²) in [6, 6.07) is 1.77. The van der Waals surface area contributed by atoms with Gasteiger partial charge in [-0.05, 0) is 20.8 Å². The lowest BCUT2D eigenvalue weighted by Crippen LogP contribution is -2.22. The van der Waals surface area contributed by atoms with Crippen molar-refractivity contribution in [1.29, 1.82) is 0 Å². The smallest absolute Gasteiger partial charge is 0.330 e. The van der Waals surface area contributed by atoms with Crippen molar-refractivity contribution in [3.05, 3.63) is 30.2 Å². The molecule has 4 heteroatoms. The number of carbonyl (C=O) groups excluding carboxylic acids is 1. The van der Waals surface area contributed by atoms with Crippen molar-refractivity contribution in [2.75, 3.05) is 0 Å². The highest BCUT2D eigenvalue weighted by Gasteiger charge is 2.14. The molecule has 1 unspecified atom stereocenters. The van der Waals surface area contributed by atoms with E-state index in [2.05, 4.69) is 5.16 Å². The lowest BCUT2D eigenvalue weighted by atomic mass is 10.1. The van der Waals surface area contributed by atoms with Crippen LogP contribution in [0.3, 0.4) is 0 Å². The minimum Gasteiger partial charge on any atom is -0.457 e. The van der Waals surface area contributed by atoms with Crippen LogP contribution in [0.15, 0.2) is 29.0 Å². The molecule has 1 atom stereocenters. The minimum absolute atomic E-state index is 0.0336. The van der Waals surface area contributed by atoms with Crippen molar-refractivity contribution >= 4 is 5.97 Å². The van der Waals surface area contributed by atoms with E-state index in [0.29, 0.717) is 0 Å². The van der Waals surface area contributed by atoms with Gasteiger partial charge >= 0.3 is 5.97 Å². The molecule has 0 spiro atoms. The van der Waals surface area contributed by atoms with Crippen molar-refractivity contribution in [2.45, 2.75) is 39.2 Å². The highest BCUT2D eigenvalue weighted by molar-refractivity contribution is 5.82. The van der Waals surface area contributed by atoms with Gasteiger partial charge in [0, 0.05) is 18.1 Å². The van der Waals surface area contributed by atoms with Crippen LogP contribution in [0, 0.1) is 0 Å². The molecule has 0 aliphatic heterocycles. The zero-order valence-electron chi connectivity index (χ0n) is 10.1. The van der Waals surface area contributed by atoms with Crippen molar-refractivity contribution < 1.29 is 14.1 Å². The van der Waals surface area contributed by atoms with Crippen LogP contribution in [-0.2, 0) is 9.53 Å². The average Bonchev–Trinajstić information content (AvgIpc) is 2.64. The molecule has 0 aliphatic carbocycles. The topological polar surface area (TPSA) is 52.3 Å². The molecule has 1 aromatic rings. The molecule has 0 N–H and O–H groups in total. The molecule has 0 saturated carbocycles. The lowest BCUT2D eigenvalue weighted by molar-refractivity contribution is -0.148. The van der Waals surface area contributed by atoms with E-state index in [1.807, 2.05) is 27.7 Å². The number of rotatable bonds is 3. The summed E-state index contributed by atoms with van der Waals surface area (Å²) in [6.45, 7) is 7.43. The van der Waals surface area contributed by atoms with Gasteiger partial charge in [0.1, 0.15) is 11.9 Å². The van der Waals surface area contributed by atoms with Gasteiger partial charge in [-0.2, -0.15) is 0 Å². The molecule has 0 radical (unpaired) electrons. The number of carbonyl (C=O) groups is 1.